The molecule has 0 unspecified atom stereocenters. The Morgan fingerprint density at radius 1 is 1.25 bits per heavy atom. The molecular weight excluding hydrogens is 384 g/mol. The van der Waals surface area contributed by atoms with Gasteiger partial charge in [-0.25, -0.2) is 4.79 Å². The van der Waals surface area contributed by atoms with Crippen molar-refractivity contribution in [1.29, 1.82) is 0 Å². The molecule has 1 amide bonds. The second kappa shape index (κ2) is 7.56. The minimum atomic E-state index is -3.89. The normalized spacial score (nSPS) is 14.6. The molecule has 1 aromatic carbocycles. The maximum Gasteiger partial charge on any atom is 0.410 e. The van der Waals surface area contributed by atoms with Crippen molar-refractivity contribution in [2.75, 3.05) is 6.54 Å². The van der Waals surface area contributed by atoms with Crippen LogP contribution >= 0.6 is 0 Å². The zero-order valence-corrected chi connectivity index (χ0v) is 17.2. The third kappa shape index (κ3) is 4.71. The quantitative estimate of drug-likeness (QED) is 0.717. The van der Waals surface area contributed by atoms with Gasteiger partial charge in [0.2, 0.25) is 0 Å². The number of ether oxygens (including phenoxy) is 1. The van der Waals surface area contributed by atoms with Crippen molar-refractivity contribution >= 4 is 16.2 Å². The van der Waals surface area contributed by atoms with Gasteiger partial charge < -0.3 is 14.2 Å². The number of benzene rings is 1. The second-order valence-corrected chi connectivity index (χ2v) is 9.33. The lowest BCUT2D eigenvalue weighted by Gasteiger charge is -2.29. The van der Waals surface area contributed by atoms with E-state index in [-0.39, 0.29) is 18.0 Å². The van der Waals surface area contributed by atoms with E-state index in [1.54, 1.807) is 32.9 Å². The van der Waals surface area contributed by atoms with Crippen molar-refractivity contribution in [3.8, 4) is 0 Å². The topological polar surface area (TPSA) is 98.9 Å². The summed E-state index contributed by atoms with van der Waals surface area (Å²) in [5.41, 5.74) is 1.58. The monoisotopic (exact) mass is 408 g/mol. The number of carbonyl (C=O) groups excluding carboxylic acids is 1. The summed E-state index contributed by atoms with van der Waals surface area (Å²) in [7, 11) is -3.89. The molecule has 1 aromatic heterocycles. The molecule has 9 heteroatoms. The smallest absolute Gasteiger partial charge is 0.410 e. The predicted molar refractivity (Wildman–Crippen MR) is 100 cm³/mol. The van der Waals surface area contributed by atoms with Gasteiger partial charge in [-0.05, 0) is 46.2 Å². The molecule has 0 bridgehead atoms. The van der Waals surface area contributed by atoms with Crippen LogP contribution in [-0.2, 0) is 38.6 Å². The highest BCUT2D eigenvalue weighted by molar-refractivity contribution is 7.86. The SMILES string of the molecule is Cc1ccc(S(=O)(=O)OCc2noc3c2CCN(C(=O)OC(C)(C)C)C3)cc1. The van der Waals surface area contributed by atoms with Gasteiger partial charge in [0.1, 0.15) is 17.9 Å². The van der Waals surface area contributed by atoms with Crippen LogP contribution < -0.4 is 0 Å². The van der Waals surface area contributed by atoms with E-state index in [9.17, 15) is 13.2 Å². The number of hydrogen-bond acceptors (Lipinski definition) is 7. The van der Waals surface area contributed by atoms with E-state index in [1.807, 2.05) is 6.92 Å². The van der Waals surface area contributed by atoms with E-state index >= 15 is 0 Å². The molecule has 0 aliphatic carbocycles. The Morgan fingerprint density at radius 3 is 2.57 bits per heavy atom. The molecule has 0 saturated carbocycles. The van der Waals surface area contributed by atoms with Gasteiger partial charge in [0.25, 0.3) is 10.1 Å². The molecular formula is C19H24N2O6S. The number of fused-ring (bicyclic) bond motifs is 1. The van der Waals surface area contributed by atoms with Gasteiger partial charge >= 0.3 is 6.09 Å². The van der Waals surface area contributed by atoms with Crippen molar-refractivity contribution in [1.82, 2.24) is 10.1 Å². The third-order valence-corrected chi connectivity index (χ3v) is 5.51. The summed E-state index contributed by atoms with van der Waals surface area (Å²) in [5, 5.41) is 3.93. The van der Waals surface area contributed by atoms with Crippen molar-refractivity contribution < 1.29 is 26.7 Å². The van der Waals surface area contributed by atoms with Gasteiger partial charge in [0.05, 0.1) is 11.4 Å². The van der Waals surface area contributed by atoms with Crippen LogP contribution in [0.4, 0.5) is 4.79 Å². The van der Waals surface area contributed by atoms with Gasteiger partial charge in [-0.3, -0.25) is 4.18 Å². The summed E-state index contributed by atoms with van der Waals surface area (Å²) in [4.78, 5) is 13.8. The summed E-state index contributed by atoms with van der Waals surface area (Å²) in [5.74, 6) is 0.517. The molecule has 0 N–H and O–H groups in total. The highest BCUT2D eigenvalue weighted by atomic mass is 32.2. The van der Waals surface area contributed by atoms with E-state index in [0.717, 1.165) is 11.1 Å². The highest BCUT2D eigenvalue weighted by Crippen LogP contribution is 2.25. The van der Waals surface area contributed by atoms with Crippen molar-refractivity contribution in [3.63, 3.8) is 0 Å². The first-order valence-corrected chi connectivity index (χ1v) is 10.4. The molecule has 8 nitrogen and oxygen atoms in total. The fraction of sp³-hybridized carbons (Fsp3) is 0.474. The van der Waals surface area contributed by atoms with Crippen LogP contribution in [0.5, 0.6) is 0 Å². The zero-order chi connectivity index (χ0) is 20.5. The van der Waals surface area contributed by atoms with Crippen molar-refractivity contribution in [2.24, 2.45) is 0 Å². The first-order chi connectivity index (χ1) is 13.0. The molecule has 0 atom stereocenters. The molecule has 0 fully saturated rings. The first kappa shape index (κ1) is 20.3. The van der Waals surface area contributed by atoms with Crippen LogP contribution in [-0.4, -0.2) is 36.7 Å². The van der Waals surface area contributed by atoms with Crippen molar-refractivity contribution in [2.45, 2.75) is 57.8 Å². The number of nitrogens with zero attached hydrogens (tertiary/aromatic N) is 2. The summed E-state index contributed by atoms with van der Waals surface area (Å²) < 4.78 is 40.5. The van der Waals surface area contributed by atoms with Crippen molar-refractivity contribution in [3.05, 3.63) is 46.8 Å². The van der Waals surface area contributed by atoms with E-state index in [4.69, 9.17) is 13.4 Å². The molecule has 0 saturated heterocycles. The van der Waals surface area contributed by atoms with E-state index in [0.29, 0.717) is 24.4 Å². The number of hydrogen-bond donors (Lipinski definition) is 0. The van der Waals surface area contributed by atoms with Gasteiger partial charge in [-0.15, -0.1) is 0 Å². The molecule has 0 spiro atoms. The number of aromatic nitrogens is 1. The Hall–Kier alpha value is -2.39. The maximum atomic E-state index is 12.3. The van der Waals surface area contributed by atoms with Crippen LogP contribution in [0, 0.1) is 6.92 Å². The average molecular weight is 408 g/mol. The Kier molecular flexibility index (Phi) is 5.49. The molecule has 2 aromatic rings. The summed E-state index contributed by atoms with van der Waals surface area (Å²) in [6.07, 6.45) is 0.0655. The Bertz CT molecular complexity index is 957. The zero-order valence-electron chi connectivity index (χ0n) is 16.4. The van der Waals surface area contributed by atoms with Gasteiger partial charge in [-0.1, -0.05) is 22.9 Å². The molecule has 152 valence electrons. The Morgan fingerprint density at radius 2 is 1.93 bits per heavy atom. The summed E-state index contributed by atoms with van der Waals surface area (Å²) in [6.45, 7) is 7.72. The third-order valence-electron chi connectivity index (χ3n) is 4.23. The number of aryl methyl sites for hydroxylation is 1. The minimum Gasteiger partial charge on any atom is -0.444 e. The van der Waals surface area contributed by atoms with E-state index in [1.165, 1.54) is 17.0 Å². The fourth-order valence-electron chi connectivity index (χ4n) is 2.79. The van der Waals surface area contributed by atoms with Gasteiger partial charge in [0.15, 0.2) is 5.76 Å². The number of carbonyl (C=O) groups is 1. The number of amides is 1. The van der Waals surface area contributed by atoms with E-state index < -0.39 is 21.8 Å². The average Bonchev–Trinajstić information content (AvgIpc) is 3.01. The lowest BCUT2D eigenvalue weighted by Crippen LogP contribution is -2.39. The van der Waals surface area contributed by atoms with Crippen LogP contribution in [0.15, 0.2) is 33.7 Å². The van der Waals surface area contributed by atoms with Crippen LogP contribution in [0.3, 0.4) is 0 Å². The largest absolute Gasteiger partial charge is 0.444 e. The predicted octanol–water partition coefficient (Wildman–Crippen LogP) is 3.18. The lowest BCUT2D eigenvalue weighted by atomic mass is 10.1. The second-order valence-electron chi connectivity index (χ2n) is 7.71. The molecule has 2 heterocycles. The lowest BCUT2D eigenvalue weighted by molar-refractivity contribution is 0.0205. The first-order valence-electron chi connectivity index (χ1n) is 8.95. The minimum absolute atomic E-state index is 0.0894. The van der Waals surface area contributed by atoms with Gasteiger partial charge in [-0.2, -0.15) is 8.42 Å². The van der Waals surface area contributed by atoms with Crippen LogP contribution in [0.25, 0.3) is 0 Å². The summed E-state index contributed by atoms with van der Waals surface area (Å²) >= 11 is 0. The maximum absolute atomic E-state index is 12.3. The summed E-state index contributed by atoms with van der Waals surface area (Å²) in [6, 6.07) is 6.42. The Labute approximate surface area is 164 Å². The molecule has 0 radical (unpaired) electrons. The fourth-order valence-corrected chi connectivity index (χ4v) is 3.66. The number of rotatable bonds is 4. The molecule has 1 aliphatic rings. The van der Waals surface area contributed by atoms with Crippen LogP contribution in [0.1, 0.15) is 43.4 Å². The standard InChI is InChI=1S/C19H24N2O6S/c1-13-5-7-14(8-6-13)28(23,24)25-12-16-15-9-10-21(11-17(15)27-20-16)18(22)26-19(2,3)4/h5-8H,9-12H2,1-4H3. The van der Waals surface area contributed by atoms with E-state index in [2.05, 4.69) is 5.16 Å². The molecule has 3 rings (SSSR count). The molecule has 28 heavy (non-hydrogen) atoms. The van der Waals surface area contributed by atoms with Gasteiger partial charge in [0, 0.05) is 12.1 Å². The van der Waals surface area contributed by atoms with Crippen LogP contribution in [0.2, 0.25) is 0 Å². The highest BCUT2D eigenvalue weighted by Gasteiger charge is 2.30. The Balaban J connectivity index is 1.66. The molecule has 1 aliphatic heterocycles.